The molecule has 31 heavy (non-hydrogen) atoms. The minimum Gasteiger partial charge on any atom is -0.475 e. The van der Waals surface area contributed by atoms with Gasteiger partial charge in [0.2, 0.25) is 5.13 Å². The summed E-state index contributed by atoms with van der Waals surface area (Å²) in [7, 11) is 0. The number of aliphatic carboxylic acids is 2. The predicted molar refractivity (Wildman–Crippen MR) is 95.7 cm³/mol. The Labute approximate surface area is 176 Å². The monoisotopic (exact) mass is 478 g/mol. The Hall–Kier alpha value is -2.16. The number of nitrogens with zero attached hydrogens (tertiary/aromatic N) is 4. The molecule has 1 aliphatic carbocycles. The number of fused-ring (bicyclic) bond motifs is 1. The van der Waals surface area contributed by atoms with E-state index < -0.39 is 24.3 Å². The van der Waals surface area contributed by atoms with Gasteiger partial charge >= 0.3 is 24.3 Å². The van der Waals surface area contributed by atoms with Gasteiger partial charge in [-0.05, 0) is 31.6 Å². The van der Waals surface area contributed by atoms with Crippen molar-refractivity contribution >= 4 is 28.4 Å². The second-order valence-electron chi connectivity index (χ2n) is 7.17. The number of likely N-dealkylation sites (tertiary alicyclic amines) is 1. The second kappa shape index (κ2) is 9.97. The number of alkyl halides is 6. The molecule has 15 heteroatoms. The Morgan fingerprint density at radius 2 is 1.48 bits per heavy atom. The smallest absolute Gasteiger partial charge is 0.475 e. The number of carbonyl (C=O) groups is 2. The van der Waals surface area contributed by atoms with Crippen molar-refractivity contribution in [2.75, 3.05) is 24.5 Å². The van der Waals surface area contributed by atoms with E-state index in [-0.39, 0.29) is 0 Å². The van der Waals surface area contributed by atoms with Crippen molar-refractivity contribution in [1.82, 2.24) is 15.1 Å². The predicted octanol–water partition coefficient (Wildman–Crippen LogP) is 2.87. The van der Waals surface area contributed by atoms with Crippen LogP contribution >= 0.6 is 11.3 Å². The van der Waals surface area contributed by atoms with Gasteiger partial charge in [-0.1, -0.05) is 11.3 Å². The van der Waals surface area contributed by atoms with Crippen molar-refractivity contribution in [3.8, 4) is 0 Å². The average molecular weight is 478 g/mol. The van der Waals surface area contributed by atoms with Crippen molar-refractivity contribution in [3.05, 3.63) is 5.51 Å². The fourth-order valence-electron chi connectivity index (χ4n) is 3.46. The molecule has 3 heterocycles. The third-order valence-corrected chi connectivity index (χ3v) is 5.69. The molecule has 2 saturated heterocycles. The Morgan fingerprint density at radius 1 is 0.968 bits per heavy atom. The van der Waals surface area contributed by atoms with E-state index in [1.54, 1.807) is 11.3 Å². The van der Waals surface area contributed by atoms with Gasteiger partial charge < -0.3 is 15.1 Å². The molecule has 2 atom stereocenters. The van der Waals surface area contributed by atoms with E-state index in [4.69, 9.17) is 19.8 Å². The number of aromatic nitrogens is 2. The van der Waals surface area contributed by atoms with E-state index in [9.17, 15) is 26.3 Å². The number of anilines is 1. The number of halogens is 6. The minimum absolute atomic E-state index is 0.710. The summed E-state index contributed by atoms with van der Waals surface area (Å²) in [5, 5.41) is 23.6. The molecule has 0 bridgehead atoms. The molecular weight excluding hydrogens is 458 g/mol. The third-order valence-electron chi connectivity index (χ3n) is 4.96. The lowest BCUT2D eigenvalue weighted by Crippen LogP contribution is -2.37. The molecule has 0 unspecified atom stereocenters. The highest BCUT2D eigenvalue weighted by Crippen LogP contribution is 2.38. The maximum absolute atomic E-state index is 10.6. The van der Waals surface area contributed by atoms with E-state index in [1.165, 1.54) is 45.3 Å². The van der Waals surface area contributed by atoms with Crippen LogP contribution in [-0.2, 0) is 9.59 Å². The zero-order valence-corrected chi connectivity index (χ0v) is 16.8. The summed E-state index contributed by atoms with van der Waals surface area (Å²) in [5.41, 5.74) is 1.85. The highest BCUT2D eigenvalue weighted by atomic mass is 32.1. The van der Waals surface area contributed by atoms with E-state index in [0.717, 1.165) is 17.1 Å². The van der Waals surface area contributed by atoms with Crippen molar-refractivity contribution in [1.29, 1.82) is 0 Å². The zero-order valence-electron chi connectivity index (χ0n) is 15.9. The Kier molecular flexibility index (Phi) is 8.08. The molecule has 1 aromatic rings. The fraction of sp³-hybridized carbons (Fsp3) is 0.750. The summed E-state index contributed by atoms with van der Waals surface area (Å²) in [6.45, 7) is 3.82. The third kappa shape index (κ3) is 7.48. The molecule has 0 radical (unpaired) electrons. The molecule has 8 nitrogen and oxygen atoms in total. The molecule has 0 aromatic carbocycles. The summed E-state index contributed by atoms with van der Waals surface area (Å²) in [5.74, 6) is -4.50. The summed E-state index contributed by atoms with van der Waals surface area (Å²) in [6, 6.07) is 1.50. The van der Waals surface area contributed by atoms with Crippen molar-refractivity contribution in [2.45, 2.75) is 50.1 Å². The van der Waals surface area contributed by atoms with Gasteiger partial charge in [0.25, 0.3) is 0 Å². The first-order valence-corrected chi connectivity index (χ1v) is 10.1. The summed E-state index contributed by atoms with van der Waals surface area (Å²) in [6.07, 6.45) is -4.60. The van der Waals surface area contributed by atoms with Gasteiger partial charge in [0.15, 0.2) is 0 Å². The first kappa shape index (κ1) is 25.1. The number of carboxylic acids is 2. The van der Waals surface area contributed by atoms with E-state index >= 15 is 0 Å². The highest BCUT2D eigenvalue weighted by Gasteiger charge is 2.44. The lowest BCUT2D eigenvalue weighted by molar-refractivity contribution is -0.193. The van der Waals surface area contributed by atoms with Gasteiger partial charge in [0, 0.05) is 31.7 Å². The van der Waals surface area contributed by atoms with Gasteiger partial charge in [-0.3, -0.25) is 4.90 Å². The Morgan fingerprint density at radius 3 is 1.90 bits per heavy atom. The lowest BCUT2D eigenvalue weighted by atomic mass is 10.1. The van der Waals surface area contributed by atoms with Gasteiger partial charge in [0.1, 0.15) is 5.51 Å². The van der Waals surface area contributed by atoms with Gasteiger partial charge in [0.05, 0.1) is 0 Å². The number of rotatable bonds is 3. The minimum atomic E-state index is -5.08. The van der Waals surface area contributed by atoms with Gasteiger partial charge in [-0.25, -0.2) is 9.59 Å². The quantitative estimate of drug-likeness (QED) is 0.639. The van der Waals surface area contributed by atoms with Gasteiger partial charge in [-0.2, -0.15) is 26.3 Å². The normalized spacial score (nSPS) is 23.4. The lowest BCUT2D eigenvalue weighted by Gasteiger charge is -2.24. The standard InChI is InChI=1S/C12H18N4S.2C2HF3O2/c1-2-9(1)7-15-5-3-11-10(15)4-6-16(11)12-14-13-8-17-12;2*3-2(4,5)1(6)7/h8-11H,1-7H2;2*(H,6,7)/t10-,11+;;/m1../s1. The maximum Gasteiger partial charge on any atom is 0.490 e. The van der Waals surface area contributed by atoms with Crippen molar-refractivity contribution < 1.29 is 46.1 Å². The number of hydrogen-bond acceptors (Lipinski definition) is 7. The van der Waals surface area contributed by atoms with Crippen LogP contribution in [0, 0.1) is 5.92 Å². The molecule has 1 saturated carbocycles. The van der Waals surface area contributed by atoms with Crippen LogP contribution in [0.3, 0.4) is 0 Å². The SMILES string of the molecule is O=C(O)C(F)(F)F.O=C(O)C(F)(F)F.c1nnc(N2CC[C@@H]3[C@@H]2CCN3CC2CC2)s1. The molecular formula is C16H20F6N4O4S. The van der Waals surface area contributed by atoms with Crippen LogP contribution in [0.4, 0.5) is 31.5 Å². The Bertz CT molecular complexity index is 717. The summed E-state index contributed by atoms with van der Waals surface area (Å²) < 4.78 is 63.5. The van der Waals surface area contributed by atoms with Crippen LogP contribution < -0.4 is 4.90 Å². The average Bonchev–Trinajstić information content (AvgIpc) is 3.04. The molecule has 0 amide bonds. The van der Waals surface area contributed by atoms with Gasteiger partial charge in [-0.15, -0.1) is 10.2 Å². The molecule has 176 valence electrons. The molecule has 0 spiro atoms. The molecule has 2 aliphatic heterocycles. The van der Waals surface area contributed by atoms with E-state index in [1.807, 2.05) is 5.51 Å². The summed E-state index contributed by atoms with van der Waals surface area (Å²) in [4.78, 5) is 23.0. The second-order valence-corrected chi connectivity index (χ2v) is 7.98. The van der Waals surface area contributed by atoms with E-state index in [0.29, 0.717) is 6.04 Å². The van der Waals surface area contributed by atoms with Crippen molar-refractivity contribution in [2.24, 2.45) is 5.92 Å². The maximum atomic E-state index is 10.6. The first-order valence-electron chi connectivity index (χ1n) is 9.17. The van der Waals surface area contributed by atoms with Crippen LogP contribution in [0.25, 0.3) is 0 Å². The van der Waals surface area contributed by atoms with Crippen LogP contribution in [0.5, 0.6) is 0 Å². The topological polar surface area (TPSA) is 107 Å². The number of carboxylic acid groups (broad SMARTS) is 2. The van der Waals surface area contributed by atoms with E-state index in [2.05, 4.69) is 20.0 Å². The van der Waals surface area contributed by atoms with Crippen LogP contribution in [0.15, 0.2) is 5.51 Å². The molecule has 2 N–H and O–H groups in total. The summed E-state index contributed by atoms with van der Waals surface area (Å²) >= 11 is 1.68. The van der Waals surface area contributed by atoms with Crippen LogP contribution in [0.1, 0.15) is 25.7 Å². The van der Waals surface area contributed by atoms with Crippen LogP contribution in [0.2, 0.25) is 0 Å². The highest BCUT2D eigenvalue weighted by molar-refractivity contribution is 7.13. The zero-order chi connectivity index (χ0) is 23.4. The first-order chi connectivity index (χ1) is 14.3. The van der Waals surface area contributed by atoms with Crippen molar-refractivity contribution in [3.63, 3.8) is 0 Å². The van der Waals surface area contributed by atoms with Crippen LogP contribution in [-0.4, -0.2) is 81.3 Å². The Balaban J connectivity index is 0.000000206. The molecule has 1 aromatic heterocycles. The fourth-order valence-corrected chi connectivity index (χ4v) is 4.11. The molecule has 3 fully saturated rings. The number of hydrogen-bond donors (Lipinski definition) is 2. The molecule has 3 aliphatic rings. The largest absolute Gasteiger partial charge is 0.490 e. The molecule has 4 rings (SSSR count).